The first kappa shape index (κ1) is 16.1. The molecule has 0 aromatic heterocycles. The van der Waals surface area contributed by atoms with Gasteiger partial charge in [0.1, 0.15) is 0 Å². The lowest BCUT2D eigenvalue weighted by Gasteiger charge is -2.59. The van der Waals surface area contributed by atoms with Crippen LogP contribution in [0.25, 0.3) is 0 Å². The number of rotatable bonds is 5. The first-order valence-corrected chi connectivity index (χ1v) is 10.5. The molecule has 0 heterocycles. The minimum atomic E-state index is 0.491. The Morgan fingerprint density at radius 1 is 1.10 bits per heavy atom. The summed E-state index contributed by atoms with van der Waals surface area (Å²) in [4.78, 5) is 0. The lowest BCUT2D eigenvalue weighted by Crippen LogP contribution is -2.66. The van der Waals surface area contributed by atoms with Gasteiger partial charge in [0, 0.05) is 29.4 Å². The Morgan fingerprint density at radius 2 is 1.81 bits per heavy atom. The van der Waals surface area contributed by atoms with Crippen molar-refractivity contribution >= 4 is 11.8 Å². The molecule has 21 heavy (non-hydrogen) atoms. The third kappa shape index (κ3) is 3.30. The highest BCUT2D eigenvalue weighted by Crippen LogP contribution is 2.53. The van der Waals surface area contributed by atoms with Crippen molar-refractivity contribution in [3.05, 3.63) is 0 Å². The van der Waals surface area contributed by atoms with Crippen molar-refractivity contribution in [2.24, 2.45) is 5.41 Å². The third-order valence-corrected chi connectivity index (χ3v) is 7.52. The van der Waals surface area contributed by atoms with Gasteiger partial charge in [0.25, 0.3) is 0 Å². The molecular formula is C18H33NOS. The minimum Gasteiger partial charge on any atom is -0.378 e. The van der Waals surface area contributed by atoms with Gasteiger partial charge in [-0.2, -0.15) is 11.8 Å². The molecule has 0 aliphatic heterocycles. The van der Waals surface area contributed by atoms with E-state index >= 15 is 0 Å². The number of ether oxygens (including phenoxy) is 1. The first-order chi connectivity index (χ1) is 10.3. The second-order valence-corrected chi connectivity index (χ2v) is 8.54. The van der Waals surface area contributed by atoms with Gasteiger partial charge >= 0.3 is 0 Å². The Hall–Kier alpha value is 0.270. The SMILES string of the molecule is CCOC1CC(NC2CCC(SC)CC2)C12CCCCC2. The molecule has 2 unspecified atom stereocenters. The molecular weight excluding hydrogens is 278 g/mol. The molecule has 3 saturated carbocycles. The molecule has 1 N–H and O–H groups in total. The van der Waals surface area contributed by atoms with Crippen molar-refractivity contribution in [3.63, 3.8) is 0 Å². The van der Waals surface area contributed by atoms with Gasteiger partial charge in [-0.25, -0.2) is 0 Å². The monoisotopic (exact) mass is 311 g/mol. The maximum absolute atomic E-state index is 6.08. The van der Waals surface area contributed by atoms with E-state index in [0.717, 1.165) is 23.9 Å². The van der Waals surface area contributed by atoms with E-state index in [2.05, 4.69) is 30.3 Å². The summed E-state index contributed by atoms with van der Waals surface area (Å²) in [7, 11) is 0. The Labute approximate surface area is 135 Å². The van der Waals surface area contributed by atoms with E-state index in [1.54, 1.807) is 0 Å². The summed E-state index contributed by atoms with van der Waals surface area (Å²) in [5, 5.41) is 4.98. The van der Waals surface area contributed by atoms with Crippen molar-refractivity contribution in [3.8, 4) is 0 Å². The predicted octanol–water partition coefficient (Wildman–Crippen LogP) is 4.38. The number of nitrogens with one attached hydrogen (secondary N) is 1. The predicted molar refractivity (Wildman–Crippen MR) is 92.0 cm³/mol. The highest BCUT2D eigenvalue weighted by atomic mass is 32.2. The van der Waals surface area contributed by atoms with E-state index in [1.165, 1.54) is 64.2 Å². The third-order valence-electron chi connectivity index (χ3n) is 6.38. The average Bonchev–Trinajstić information content (AvgIpc) is 2.55. The van der Waals surface area contributed by atoms with Crippen molar-refractivity contribution < 1.29 is 4.74 Å². The largest absolute Gasteiger partial charge is 0.378 e. The number of hydrogen-bond donors (Lipinski definition) is 1. The van der Waals surface area contributed by atoms with Gasteiger partial charge in [0.05, 0.1) is 6.10 Å². The van der Waals surface area contributed by atoms with Gasteiger partial charge in [-0.15, -0.1) is 0 Å². The first-order valence-electron chi connectivity index (χ1n) is 9.19. The van der Waals surface area contributed by atoms with Crippen LogP contribution in [0.3, 0.4) is 0 Å². The van der Waals surface area contributed by atoms with Gasteiger partial charge in [-0.3, -0.25) is 0 Å². The van der Waals surface area contributed by atoms with Crippen LogP contribution in [0.15, 0.2) is 0 Å². The standard InChI is InChI=1S/C18H33NOS/c1-3-20-17-13-16(18(17)11-5-4-6-12-18)19-14-7-9-15(21-2)10-8-14/h14-17,19H,3-13H2,1-2H3. The van der Waals surface area contributed by atoms with Gasteiger partial charge in [0.15, 0.2) is 0 Å². The van der Waals surface area contributed by atoms with E-state index in [1.807, 2.05) is 0 Å². The fourth-order valence-corrected chi connectivity index (χ4v) is 5.79. The quantitative estimate of drug-likeness (QED) is 0.814. The van der Waals surface area contributed by atoms with E-state index in [9.17, 15) is 0 Å². The normalized spacial score (nSPS) is 39.1. The van der Waals surface area contributed by atoms with Crippen molar-refractivity contribution in [1.82, 2.24) is 5.32 Å². The maximum Gasteiger partial charge on any atom is 0.0661 e. The smallest absolute Gasteiger partial charge is 0.0661 e. The van der Waals surface area contributed by atoms with Crippen LogP contribution in [0.4, 0.5) is 0 Å². The van der Waals surface area contributed by atoms with Crippen molar-refractivity contribution in [2.75, 3.05) is 12.9 Å². The molecule has 0 saturated heterocycles. The van der Waals surface area contributed by atoms with E-state index in [4.69, 9.17) is 4.74 Å². The molecule has 0 bridgehead atoms. The summed E-state index contributed by atoms with van der Waals surface area (Å²) in [5.41, 5.74) is 0.491. The summed E-state index contributed by atoms with van der Waals surface area (Å²) in [6, 6.07) is 1.52. The zero-order valence-electron chi connectivity index (χ0n) is 13.9. The lowest BCUT2D eigenvalue weighted by molar-refractivity contribution is -0.152. The second kappa shape index (κ2) is 7.23. The molecule has 1 spiro atoms. The minimum absolute atomic E-state index is 0.491. The molecule has 3 aliphatic rings. The highest BCUT2D eigenvalue weighted by Gasteiger charge is 2.55. The Kier molecular flexibility index (Phi) is 5.55. The Balaban J connectivity index is 1.55. The fraction of sp³-hybridized carbons (Fsp3) is 1.00. The molecule has 0 aromatic carbocycles. The lowest BCUT2D eigenvalue weighted by atomic mass is 9.55. The zero-order chi connectivity index (χ0) is 14.7. The van der Waals surface area contributed by atoms with Crippen LogP contribution in [-0.2, 0) is 4.74 Å². The van der Waals surface area contributed by atoms with E-state index < -0.39 is 0 Å². The summed E-state index contributed by atoms with van der Waals surface area (Å²) in [5.74, 6) is 0. The number of thioether (sulfide) groups is 1. The van der Waals surface area contributed by atoms with Crippen LogP contribution in [0.5, 0.6) is 0 Å². The Bertz CT molecular complexity index is 321. The van der Waals surface area contributed by atoms with Gasteiger partial charge in [-0.05, 0) is 58.1 Å². The van der Waals surface area contributed by atoms with Crippen molar-refractivity contribution in [1.29, 1.82) is 0 Å². The molecule has 3 aliphatic carbocycles. The molecule has 122 valence electrons. The van der Waals surface area contributed by atoms with Crippen LogP contribution in [0.1, 0.15) is 71.1 Å². The van der Waals surface area contributed by atoms with Gasteiger partial charge in [0.2, 0.25) is 0 Å². The molecule has 3 rings (SSSR count). The van der Waals surface area contributed by atoms with Gasteiger partial charge < -0.3 is 10.1 Å². The highest BCUT2D eigenvalue weighted by molar-refractivity contribution is 7.99. The molecule has 0 radical (unpaired) electrons. The van der Waals surface area contributed by atoms with Crippen LogP contribution >= 0.6 is 11.8 Å². The zero-order valence-corrected chi connectivity index (χ0v) is 14.7. The summed E-state index contributed by atoms with van der Waals surface area (Å²) < 4.78 is 6.08. The fourth-order valence-electron chi connectivity index (χ4n) is 5.05. The summed E-state index contributed by atoms with van der Waals surface area (Å²) in [6.07, 6.45) is 16.7. The summed E-state index contributed by atoms with van der Waals surface area (Å²) >= 11 is 2.07. The average molecular weight is 312 g/mol. The van der Waals surface area contributed by atoms with E-state index in [-0.39, 0.29) is 0 Å². The topological polar surface area (TPSA) is 21.3 Å². The molecule has 3 fully saturated rings. The van der Waals surface area contributed by atoms with Crippen molar-refractivity contribution in [2.45, 2.75) is 94.6 Å². The van der Waals surface area contributed by atoms with E-state index in [0.29, 0.717) is 11.5 Å². The van der Waals surface area contributed by atoms with Crippen LogP contribution in [0.2, 0.25) is 0 Å². The molecule has 3 heteroatoms. The molecule has 0 aromatic rings. The van der Waals surface area contributed by atoms with Crippen LogP contribution in [-0.4, -0.2) is 36.3 Å². The van der Waals surface area contributed by atoms with Gasteiger partial charge in [-0.1, -0.05) is 19.3 Å². The maximum atomic E-state index is 6.08. The number of hydrogen-bond acceptors (Lipinski definition) is 3. The second-order valence-electron chi connectivity index (χ2n) is 7.40. The molecule has 2 atom stereocenters. The molecule has 0 amide bonds. The molecule has 2 nitrogen and oxygen atoms in total. The van der Waals surface area contributed by atoms with Crippen LogP contribution in [0, 0.1) is 5.41 Å². The Morgan fingerprint density at radius 3 is 2.43 bits per heavy atom. The van der Waals surface area contributed by atoms with Crippen LogP contribution < -0.4 is 5.32 Å². The summed E-state index contributed by atoms with van der Waals surface area (Å²) in [6.45, 7) is 3.04.